The first-order valence-corrected chi connectivity index (χ1v) is 19.2. The number of carbonyl (C=O) groups excluding carboxylic acids is 5. The Labute approximate surface area is 305 Å². The molecule has 0 unspecified atom stereocenters. The molecule has 1 aliphatic carbocycles. The monoisotopic (exact) mass is 781 g/mol. The van der Waals surface area contributed by atoms with Crippen molar-refractivity contribution in [1.82, 2.24) is 15.5 Å². The number of carbonyl (C=O) groups is 5. The minimum absolute atomic E-state index is 0.0632. The van der Waals surface area contributed by atoms with Gasteiger partial charge in [0.2, 0.25) is 11.7 Å². The molecule has 1 heterocycles. The molecule has 2 amide bonds. The predicted octanol–water partition coefficient (Wildman–Crippen LogP) is 3.48. The second-order valence-corrected chi connectivity index (χ2v) is 16.3. The number of nitrogens with zero attached hydrogens (tertiary/aromatic N) is 1. The molecule has 3 atom stereocenters. The number of amides is 2. The number of Topliss-reactive ketones (excluding diaryl/α,β-unsaturated/α-hetero) is 3. The van der Waals surface area contributed by atoms with Crippen molar-refractivity contribution in [2.45, 2.75) is 70.5 Å². The molecule has 0 bridgehead atoms. The summed E-state index contributed by atoms with van der Waals surface area (Å²) >= 11 is 0. The molecule has 2 aliphatic rings. The van der Waals surface area contributed by atoms with Gasteiger partial charge in [-0.15, -0.1) is 0 Å². The highest BCUT2D eigenvalue weighted by molar-refractivity contribution is 7.91. The van der Waals surface area contributed by atoms with Crippen LogP contribution in [-0.4, -0.2) is 113 Å². The van der Waals surface area contributed by atoms with Crippen LogP contribution in [0.4, 0.5) is 22.0 Å². The molecule has 2 fully saturated rings. The van der Waals surface area contributed by atoms with Crippen molar-refractivity contribution in [3.8, 4) is 5.75 Å². The van der Waals surface area contributed by atoms with Crippen LogP contribution in [-0.2, 0) is 38.5 Å². The summed E-state index contributed by atoms with van der Waals surface area (Å²) < 4.78 is 106. The van der Waals surface area contributed by atoms with E-state index in [2.05, 4.69) is 5.32 Å². The van der Waals surface area contributed by atoms with Gasteiger partial charge in [-0.25, -0.2) is 8.42 Å². The zero-order valence-corrected chi connectivity index (χ0v) is 31.0. The van der Waals surface area contributed by atoms with E-state index in [1.807, 2.05) is 5.32 Å². The van der Waals surface area contributed by atoms with Crippen molar-refractivity contribution in [2.75, 3.05) is 58.5 Å². The van der Waals surface area contributed by atoms with Gasteiger partial charge in [-0.1, -0.05) is 38.8 Å². The van der Waals surface area contributed by atoms with Crippen LogP contribution in [0, 0.1) is 23.2 Å². The highest BCUT2D eigenvalue weighted by Gasteiger charge is 2.60. The van der Waals surface area contributed by atoms with Crippen molar-refractivity contribution in [3.05, 3.63) is 29.8 Å². The first-order valence-electron chi connectivity index (χ1n) is 17.4. The third-order valence-electron chi connectivity index (χ3n) is 10.1. The molecule has 1 saturated heterocycles. The molecule has 0 radical (unpaired) electrons. The van der Waals surface area contributed by atoms with E-state index in [9.17, 15) is 45.6 Å². The molecule has 3 rings (SSSR count). The largest absolute Gasteiger partial charge is 0.497 e. The quantitative estimate of drug-likeness (QED) is 0.157. The molecule has 1 aromatic carbocycles. The van der Waals surface area contributed by atoms with Gasteiger partial charge in [0.15, 0.2) is 15.6 Å². The second kappa shape index (κ2) is 18.2. The normalized spacial score (nSPS) is 19.2. The molecule has 1 aromatic rings. The number of alkyl halides is 5. The molecule has 0 spiro atoms. The molecular weight excluding hydrogens is 733 g/mol. The van der Waals surface area contributed by atoms with E-state index in [4.69, 9.17) is 9.47 Å². The Kier molecular flexibility index (Phi) is 15.1. The number of methoxy groups -OCH3 is 2. The van der Waals surface area contributed by atoms with Gasteiger partial charge >= 0.3 is 12.1 Å². The van der Waals surface area contributed by atoms with Crippen LogP contribution in [0.15, 0.2) is 24.3 Å². The standard InChI is InChI=1S/C35H48F5N3O9S/c1-22(2)26(30(46)34(36,37)32(48)41-13-14-43-15-17-53(49,50)18-16-43)20-27(44)29(23-7-9-25(52-4)10-8-23)42-31(47)24(21-51-3)19-28(45)33(35(38,39)40)11-5-6-12-33/h7-10,22,24,26,29H,5-6,11-21H2,1-4H3,(H,41,48)(H,42,47)/t24-,26-,29-/m0/s1. The van der Waals surface area contributed by atoms with Crippen molar-refractivity contribution in [3.63, 3.8) is 0 Å². The summed E-state index contributed by atoms with van der Waals surface area (Å²) in [5, 5.41) is 4.46. The van der Waals surface area contributed by atoms with Crippen LogP contribution >= 0.6 is 0 Å². The fourth-order valence-corrected chi connectivity index (χ4v) is 7.95. The SMILES string of the molecule is COC[C@H](CC(=O)C1(C(F)(F)F)CCCC1)C(=O)N[C@H](C(=O)C[C@H](C(=O)C(F)(F)C(=O)NCCN1CCS(=O)(=O)CC1)C(C)C)c1ccc(OC)cc1. The van der Waals surface area contributed by atoms with E-state index < -0.39 is 113 Å². The van der Waals surface area contributed by atoms with Crippen molar-refractivity contribution >= 4 is 39.0 Å². The van der Waals surface area contributed by atoms with Gasteiger partial charge in [-0.3, -0.25) is 28.9 Å². The summed E-state index contributed by atoms with van der Waals surface area (Å²) in [7, 11) is -0.626. The number of halogens is 5. The smallest absolute Gasteiger partial charge is 0.401 e. The molecule has 18 heteroatoms. The Morgan fingerprint density at radius 1 is 0.925 bits per heavy atom. The van der Waals surface area contributed by atoms with Gasteiger partial charge in [0.1, 0.15) is 23.0 Å². The second-order valence-electron chi connectivity index (χ2n) is 14.0. The van der Waals surface area contributed by atoms with Gasteiger partial charge in [-0.05, 0) is 36.5 Å². The van der Waals surface area contributed by atoms with Crippen molar-refractivity contribution in [1.29, 1.82) is 0 Å². The van der Waals surface area contributed by atoms with Crippen LogP contribution < -0.4 is 15.4 Å². The van der Waals surface area contributed by atoms with E-state index in [0.29, 0.717) is 5.75 Å². The average Bonchev–Trinajstić information content (AvgIpc) is 3.62. The van der Waals surface area contributed by atoms with E-state index in [-0.39, 0.29) is 56.1 Å². The number of ether oxygens (including phenoxy) is 2. The summed E-state index contributed by atoms with van der Waals surface area (Å²) in [4.78, 5) is 68.2. The van der Waals surface area contributed by atoms with Crippen LogP contribution in [0.25, 0.3) is 0 Å². The Bertz CT molecular complexity index is 1570. The molecular formula is C35H48F5N3O9S. The minimum Gasteiger partial charge on any atom is -0.497 e. The summed E-state index contributed by atoms with van der Waals surface area (Å²) in [5.41, 5.74) is -2.48. The Morgan fingerprint density at radius 3 is 2.02 bits per heavy atom. The zero-order chi connectivity index (χ0) is 39.8. The summed E-state index contributed by atoms with van der Waals surface area (Å²) in [5.74, 6) is -15.3. The van der Waals surface area contributed by atoms with Crippen molar-refractivity contribution in [2.24, 2.45) is 23.2 Å². The third-order valence-corrected chi connectivity index (χ3v) is 11.7. The van der Waals surface area contributed by atoms with E-state index >= 15 is 8.78 Å². The lowest BCUT2D eigenvalue weighted by atomic mass is 9.77. The van der Waals surface area contributed by atoms with Gasteiger partial charge in [0, 0.05) is 52.0 Å². The minimum atomic E-state index is -4.84. The van der Waals surface area contributed by atoms with Gasteiger partial charge in [0.25, 0.3) is 5.91 Å². The Hall–Kier alpha value is -3.51. The van der Waals surface area contributed by atoms with E-state index in [1.54, 1.807) is 4.90 Å². The fourth-order valence-electron chi connectivity index (χ4n) is 6.68. The van der Waals surface area contributed by atoms with Gasteiger partial charge < -0.3 is 20.1 Å². The highest BCUT2D eigenvalue weighted by Crippen LogP contribution is 2.52. The number of benzene rings is 1. The number of nitrogens with one attached hydrogen (secondary N) is 2. The molecule has 53 heavy (non-hydrogen) atoms. The van der Waals surface area contributed by atoms with Crippen LogP contribution in [0.3, 0.4) is 0 Å². The van der Waals surface area contributed by atoms with Gasteiger partial charge in [0.05, 0.1) is 31.1 Å². The number of hydrogen-bond acceptors (Lipinski definition) is 10. The Balaban J connectivity index is 1.80. The third kappa shape index (κ3) is 11.0. The predicted molar refractivity (Wildman–Crippen MR) is 182 cm³/mol. The van der Waals surface area contributed by atoms with Crippen molar-refractivity contribution < 1.29 is 63.8 Å². The van der Waals surface area contributed by atoms with Gasteiger partial charge in [-0.2, -0.15) is 22.0 Å². The average molecular weight is 782 g/mol. The van der Waals surface area contributed by atoms with E-state index in [0.717, 1.165) is 0 Å². The zero-order valence-electron chi connectivity index (χ0n) is 30.2. The first kappa shape index (κ1) is 43.9. The maximum Gasteiger partial charge on any atom is 0.401 e. The number of hydrogen-bond donors (Lipinski definition) is 2. The highest BCUT2D eigenvalue weighted by atomic mass is 32.2. The first-order chi connectivity index (χ1) is 24.7. The molecule has 1 saturated carbocycles. The lowest BCUT2D eigenvalue weighted by Crippen LogP contribution is -2.52. The topological polar surface area (TPSA) is 165 Å². The summed E-state index contributed by atoms with van der Waals surface area (Å²) in [6.45, 7) is 2.41. The number of rotatable bonds is 19. The maximum atomic E-state index is 15.3. The van der Waals surface area contributed by atoms with Crippen LogP contribution in [0.5, 0.6) is 5.75 Å². The molecule has 298 valence electrons. The Morgan fingerprint density at radius 2 is 1.51 bits per heavy atom. The molecule has 0 aromatic heterocycles. The van der Waals surface area contributed by atoms with Crippen LogP contribution in [0.1, 0.15) is 64.0 Å². The van der Waals surface area contributed by atoms with E-state index in [1.165, 1.54) is 52.3 Å². The molecule has 12 nitrogen and oxygen atoms in total. The summed E-state index contributed by atoms with van der Waals surface area (Å²) in [6.07, 6.45) is -7.00. The van der Waals surface area contributed by atoms with Crippen LogP contribution in [0.2, 0.25) is 0 Å². The number of ketones is 3. The molecule has 1 aliphatic heterocycles. The lowest BCUT2D eigenvalue weighted by Gasteiger charge is -2.31. The maximum absolute atomic E-state index is 15.3. The summed E-state index contributed by atoms with van der Waals surface area (Å²) in [6, 6.07) is 4.06. The number of sulfone groups is 1. The lowest BCUT2D eigenvalue weighted by molar-refractivity contribution is -0.219. The molecule has 2 N–H and O–H groups in total. The fraction of sp³-hybridized carbons (Fsp3) is 0.686.